The molecule has 1 aliphatic carbocycles. The van der Waals surface area contributed by atoms with Crippen molar-refractivity contribution in [2.75, 3.05) is 11.9 Å². The zero-order valence-electron chi connectivity index (χ0n) is 10.9. The van der Waals surface area contributed by atoms with E-state index in [0.717, 1.165) is 6.42 Å². The van der Waals surface area contributed by atoms with E-state index >= 15 is 0 Å². The second kappa shape index (κ2) is 5.09. The van der Waals surface area contributed by atoms with Crippen molar-refractivity contribution >= 4 is 5.69 Å². The predicted molar refractivity (Wildman–Crippen MR) is 72.3 cm³/mol. The van der Waals surface area contributed by atoms with Gasteiger partial charge < -0.3 is 10.4 Å². The van der Waals surface area contributed by atoms with Crippen LogP contribution in [0.1, 0.15) is 38.7 Å². The van der Waals surface area contributed by atoms with Gasteiger partial charge in [0.25, 0.3) is 0 Å². The third-order valence-corrected chi connectivity index (χ3v) is 3.95. The highest BCUT2D eigenvalue weighted by atomic mass is 16.2. The van der Waals surface area contributed by atoms with Crippen LogP contribution in [0.4, 0.5) is 5.69 Å². The Morgan fingerprint density at radius 3 is 2.53 bits per heavy atom. The highest BCUT2D eigenvalue weighted by molar-refractivity contribution is 5.46. The number of hydrogen-bond acceptors (Lipinski definition) is 2. The van der Waals surface area contributed by atoms with E-state index in [-0.39, 0.29) is 6.61 Å². The molecule has 1 aliphatic rings. The van der Waals surface area contributed by atoms with Crippen LogP contribution in [0.15, 0.2) is 24.3 Å². The van der Waals surface area contributed by atoms with Crippen molar-refractivity contribution in [3.63, 3.8) is 0 Å². The van der Waals surface area contributed by atoms with Gasteiger partial charge in [0.15, 0.2) is 0 Å². The van der Waals surface area contributed by atoms with Crippen LogP contribution in [0.25, 0.3) is 0 Å². The Balaban J connectivity index is 1.99. The van der Waals surface area contributed by atoms with E-state index in [4.69, 9.17) is 5.11 Å². The monoisotopic (exact) mass is 233 g/mol. The summed E-state index contributed by atoms with van der Waals surface area (Å²) in [6.07, 6.45) is 4.65. The Bertz CT molecular complexity index is 356. The molecule has 1 aromatic rings. The maximum atomic E-state index is 8.87. The number of aliphatic hydroxyl groups excluding tert-OH is 1. The van der Waals surface area contributed by atoms with Crippen LogP contribution in [0, 0.1) is 5.41 Å². The van der Waals surface area contributed by atoms with Crippen molar-refractivity contribution in [2.45, 2.75) is 45.6 Å². The molecular formula is C15H23NO. The smallest absolute Gasteiger partial charge is 0.0471 e. The Labute approximate surface area is 104 Å². The van der Waals surface area contributed by atoms with Gasteiger partial charge in [0.1, 0.15) is 0 Å². The molecule has 0 saturated heterocycles. The first kappa shape index (κ1) is 12.4. The number of aliphatic hydroxyl groups is 1. The highest BCUT2D eigenvalue weighted by Crippen LogP contribution is 2.38. The molecule has 2 heteroatoms. The van der Waals surface area contributed by atoms with E-state index in [1.165, 1.54) is 30.5 Å². The van der Waals surface area contributed by atoms with Crippen molar-refractivity contribution in [2.24, 2.45) is 5.41 Å². The summed E-state index contributed by atoms with van der Waals surface area (Å²) in [4.78, 5) is 0. The average molecular weight is 233 g/mol. The lowest BCUT2D eigenvalue weighted by Gasteiger charge is -2.28. The number of anilines is 1. The zero-order chi connectivity index (χ0) is 12.3. The summed E-state index contributed by atoms with van der Waals surface area (Å²) in [6, 6.07) is 9.03. The quantitative estimate of drug-likeness (QED) is 0.837. The lowest BCUT2D eigenvalue weighted by molar-refractivity contribution is 0.299. The van der Waals surface area contributed by atoms with E-state index in [1.807, 2.05) is 0 Å². The fraction of sp³-hybridized carbons (Fsp3) is 0.600. The van der Waals surface area contributed by atoms with Gasteiger partial charge in [-0.15, -0.1) is 0 Å². The van der Waals surface area contributed by atoms with Crippen molar-refractivity contribution in [1.82, 2.24) is 0 Å². The molecule has 0 aliphatic heterocycles. The fourth-order valence-electron chi connectivity index (χ4n) is 2.69. The summed E-state index contributed by atoms with van der Waals surface area (Å²) >= 11 is 0. The predicted octanol–water partition coefficient (Wildman–Crippen LogP) is 3.21. The molecule has 0 amide bonds. The molecule has 1 fully saturated rings. The summed E-state index contributed by atoms with van der Waals surface area (Å²) in [6.45, 7) is 4.91. The number of rotatable bonds is 4. The molecule has 94 valence electrons. The summed E-state index contributed by atoms with van der Waals surface area (Å²) in [5.41, 5.74) is 2.81. The average Bonchev–Trinajstić information content (AvgIpc) is 2.62. The summed E-state index contributed by atoms with van der Waals surface area (Å²) in [7, 11) is 0. The van der Waals surface area contributed by atoms with Crippen LogP contribution in [-0.2, 0) is 6.42 Å². The minimum Gasteiger partial charge on any atom is -0.396 e. The van der Waals surface area contributed by atoms with Gasteiger partial charge in [-0.25, -0.2) is 0 Å². The molecule has 0 heterocycles. The van der Waals surface area contributed by atoms with Gasteiger partial charge in [-0.2, -0.15) is 0 Å². The Hall–Kier alpha value is -1.02. The first-order valence-electron chi connectivity index (χ1n) is 6.58. The number of nitrogens with one attached hydrogen (secondary N) is 1. The van der Waals surface area contributed by atoms with Crippen molar-refractivity contribution < 1.29 is 5.11 Å². The molecule has 1 unspecified atom stereocenters. The Morgan fingerprint density at radius 1 is 1.29 bits per heavy atom. The molecule has 0 aromatic heterocycles. The minimum absolute atomic E-state index is 0.225. The van der Waals surface area contributed by atoms with Gasteiger partial charge >= 0.3 is 0 Å². The lowest BCUT2D eigenvalue weighted by atomic mass is 9.87. The maximum Gasteiger partial charge on any atom is 0.0471 e. The van der Waals surface area contributed by atoms with Crippen LogP contribution in [0.5, 0.6) is 0 Å². The molecule has 0 radical (unpaired) electrons. The van der Waals surface area contributed by atoms with E-state index in [2.05, 4.69) is 43.4 Å². The molecule has 1 saturated carbocycles. The molecule has 17 heavy (non-hydrogen) atoms. The fourth-order valence-corrected chi connectivity index (χ4v) is 2.69. The second-order valence-electron chi connectivity index (χ2n) is 5.75. The molecule has 1 aromatic carbocycles. The molecule has 2 rings (SSSR count). The van der Waals surface area contributed by atoms with Crippen LogP contribution in [0.2, 0.25) is 0 Å². The molecular weight excluding hydrogens is 210 g/mol. The van der Waals surface area contributed by atoms with E-state index in [0.29, 0.717) is 11.5 Å². The SMILES string of the molecule is CC1(C)CCCC1Nc1ccc(CCO)cc1. The van der Waals surface area contributed by atoms with Gasteiger partial charge in [-0.05, 0) is 42.4 Å². The molecule has 2 nitrogen and oxygen atoms in total. The zero-order valence-corrected chi connectivity index (χ0v) is 10.9. The van der Waals surface area contributed by atoms with Crippen molar-refractivity contribution in [3.8, 4) is 0 Å². The molecule has 1 atom stereocenters. The van der Waals surface area contributed by atoms with Gasteiger partial charge in [0.2, 0.25) is 0 Å². The van der Waals surface area contributed by atoms with Gasteiger partial charge in [0, 0.05) is 18.3 Å². The number of hydrogen-bond donors (Lipinski definition) is 2. The first-order chi connectivity index (χ1) is 8.12. The van der Waals surface area contributed by atoms with Gasteiger partial charge in [-0.1, -0.05) is 32.4 Å². The van der Waals surface area contributed by atoms with E-state index < -0.39 is 0 Å². The summed E-state index contributed by atoms with van der Waals surface area (Å²) < 4.78 is 0. The van der Waals surface area contributed by atoms with Gasteiger partial charge in [0.05, 0.1) is 0 Å². The highest BCUT2D eigenvalue weighted by Gasteiger charge is 2.34. The standard InChI is InChI=1S/C15H23NO/c1-15(2)10-3-4-14(15)16-13-7-5-12(6-8-13)9-11-17/h5-8,14,16-17H,3-4,9-11H2,1-2H3. The third kappa shape index (κ3) is 3.01. The van der Waals surface area contributed by atoms with Crippen LogP contribution in [-0.4, -0.2) is 17.8 Å². The Kier molecular flexibility index (Phi) is 3.72. The number of benzene rings is 1. The summed E-state index contributed by atoms with van der Waals surface area (Å²) in [5.74, 6) is 0. The third-order valence-electron chi connectivity index (χ3n) is 3.95. The first-order valence-corrected chi connectivity index (χ1v) is 6.58. The lowest BCUT2D eigenvalue weighted by Crippen LogP contribution is -2.30. The topological polar surface area (TPSA) is 32.3 Å². The van der Waals surface area contributed by atoms with E-state index in [1.54, 1.807) is 0 Å². The van der Waals surface area contributed by atoms with E-state index in [9.17, 15) is 0 Å². The molecule has 0 bridgehead atoms. The van der Waals surface area contributed by atoms with Crippen LogP contribution < -0.4 is 5.32 Å². The van der Waals surface area contributed by atoms with Crippen molar-refractivity contribution in [3.05, 3.63) is 29.8 Å². The maximum absolute atomic E-state index is 8.87. The molecule has 0 spiro atoms. The summed E-state index contributed by atoms with van der Waals surface area (Å²) in [5, 5.41) is 12.5. The van der Waals surface area contributed by atoms with Crippen molar-refractivity contribution in [1.29, 1.82) is 0 Å². The van der Waals surface area contributed by atoms with Gasteiger partial charge in [-0.3, -0.25) is 0 Å². The van der Waals surface area contributed by atoms with Crippen LogP contribution in [0.3, 0.4) is 0 Å². The largest absolute Gasteiger partial charge is 0.396 e. The Morgan fingerprint density at radius 2 is 2.00 bits per heavy atom. The normalized spacial score (nSPS) is 22.6. The molecule has 2 N–H and O–H groups in total. The van der Waals surface area contributed by atoms with Crippen LogP contribution >= 0.6 is 0 Å². The second-order valence-corrected chi connectivity index (χ2v) is 5.75. The minimum atomic E-state index is 0.225.